The molecule has 2 nitrogen and oxygen atoms in total. The highest BCUT2D eigenvalue weighted by Crippen LogP contribution is 2.55. The van der Waals surface area contributed by atoms with Crippen molar-refractivity contribution in [1.29, 1.82) is 0 Å². The molecule has 0 atom stereocenters. The van der Waals surface area contributed by atoms with E-state index in [1.54, 1.807) is 6.08 Å². The monoisotopic (exact) mass is 606 g/mol. The molecule has 0 aliphatic heterocycles. The molecule has 0 bridgehead atoms. The average molecular weight is 607 g/mol. The predicted octanol–water partition coefficient (Wildman–Crippen LogP) is 11.9. The Morgan fingerprint density at radius 2 is 0.812 bits per heavy atom. The summed E-state index contributed by atoms with van der Waals surface area (Å²) in [5.41, 5.74) is 0.728. The third-order valence-corrected chi connectivity index (χ3v) is 11.9. The van der Waals surface area contributed by atoms with Crippen LogP contribution in [0, 0.1) is 0 Å². The van der Waals surface area contributed by atoms with E-state index < -0.39 is 0 Å². The van der Waals surface area contributed by atoms with Gasteiger partial charge in [0.2, 0.25) is 0 Å². The number of hydrogen-bond donors (Lipinski definition) is 2. The Morgan fingerprint density at radius 3 is 1.44 bits per heavy atom. The minimum absolute atomic E-state index is 0.247. The van der Waals surface area contributed by atoms with Gasteiger partial charge < -0.3 is 10.2 Å². The molecular weight excluding hydrogens is 585 g/mol. The standard InChI is InChI=1S/C46H22O2/c1-3-29-33-19(2)7-8-22-12-23-13-25-15-26-14-24-11-21-6-4-5-20-9-10-30-42(34(20)21)41(24)44-32(46(30)48)18-28-16-27-17-31(45(29)47)43(35(22)33)39(23)37(27)36(25)38(28)40(26)44/h3-18,47-48H,1-2H2. The number of hydrogen-bond acceptors (Lipinski definition) is 2. The van der Waals surface area contributed by atoms with Crippen LogP contribution in [0.5, 0.6) is 11.5 Å². The highest BCUT2D eigenvalue weighted by molar-refractivity contribution is 6.49. The van der Waals surface area contributed by atoms with E-state index in [-0.39, 0.29) is 5.75 Å². The van der Waals surface area contributed by atoms with Crippen molar-refractivity contribution in [1.82, 2.24) is 0 Å². The van der Waals surface area contributed by atoms with Crippen LogP contribution >= 0.6 is 0 Å². The summed E-state index contributed by atoms with van der Waals surface area (Å²) in [6, 6.07) is 33.2. The number of rotatable bonds is 1. The van der Waals surface area contributed by atoms with Gasteiger partial charge in [-0.25, -0.2) is 0 Å². The van der Waals surface area contributed by atoms with Crippen molar-refractivity contribution in [2.75, 3.05) is 0 Å². The first kappa shape index (κ1) is 23.9. The highest BCUT2D eigenvalue weighted by Gasteiger charge is 2.27. The summed E-state index contributed by atoms with van der Waals surface area (Å²) < 4.78 is 0. The van der Waals surface area contributed by atoms with Crippen molar-refractivity contribution < 1.29 is 10.2 Å². The smallest absolute Gasteiger partial charge is 0.131 e. The summed E-state index contributed by atoms with van der Waals surface area (Å²) >= 11 is 0. The second kappa shape index (κ2) is 7.27. The van der Waals surface area contributed by atoms with Crippen molar-refractivity contribution in [2.24, 2.45) is 0 Å². The van der Waals surface area contributed by atoms with Crippen molar-refractivity contribution in [3.05, 3.63) is 108 Å². The van der Waals surface area contributed by atoms with Crippen LogP contribution in [0.2, 0.25) is 0 Å². The van der Waals surface area contributed by atoms with E-state index in [2.05, 4.69) is 98.1 Å². The lowest BCUT2D eigenvalue weighted by Crippen LogP contribution is -2.03. The lowest BCUT2D eigenvalue weighted by molar-refractivity contribution is 0.481. The lowest BCUT2D eigenvalue weighted by atomic mass is 9.78. The van der Waals surface area contributed by atoms with Gasteiger partial charge in [0.25, 0.3) is 0 Å². The van der Waals surface area contributed by atoms with Gasteiger partial charge in [0.15, 0.2) is 0 Å². The molecule has 0 unspecified atom stereocenters. The Balaban J connectivity index is 1.37. The van der Waals surface area contributed by atoms with Gasteiger partial charge in [-0.3, -0.25) is 0 Å². The Morgan fingerprint density at radius 1 is 0.375 bits per heavy atom. The van der Waals surface area contributed by atoms with Crippen molar-refractivity contribution in [2.45, 2.75) is 0 Å². The van der Waals surface area contributed by atoms with Crippen LogP contribution < -0.4 is 5.22 Å². The first-order chi connectivity index (χ1) is 23.5. The zero-order valence-corrected chi connectivity index (χ0v) is 25.5. The summed E-state index contributed by atoms with van der Waals surface area (Å²) in [6.45, 7) is 8.45. The third kappa shape index (κ3) is 2.32. The quantitative estimate of drug-likeness (QED) is 0.144. The number of aromatic hydroxyl groups is 2. The van der Waals surface area contributed by atoms with E-state index in [9.17, 15) is 10.2 Å². The Hall–Kier alpha value is -6.38. The van der Waals surface area contributed by atoms with Crippen LogP contribution in [-0.2, 0) is 0 Å². The fraction of sp³-hybridized carbons (Fsp3) is 0. The minimum Gasteiger partial charge on any atom is -0.507 e. The van der Waals surface area contributed by atoms with Crippen LogP contribution in [0.1, 0.15) is 5.56 Å². The van der Waals surface area contributed by atoms with Crippen LogP contribution in [0.15, 0.2) is 97.6 Å². The normalized spacial score (nSPS) is 13.3. The molecule has 0 amide bonds. The highest BCUT2D eigenvalue weighted by atomic mass is 16.3. The van der Waals surface area contributed by atoms with Crippen molar-refractivity contribution in [3.63, 3.8) is 0 Å². The first-order valence-electron chi connectivity index (χ1n) is 16.4. The van der Waals surface area contributed by atoms with Gasteiger partial charge in [-0.2, -0.15) is 0 Å². The van der Waals surface area contributed by atoms with Crippen molar-refractivity contribution in [3.8, 4) is 11.5 Å². The second-order valence-electron chi connectivity index (χ2n) is 14.0. The molecule has 2 N–H and O–H groups in total. The van der Waals surface area contributed by atoms with E-state index in [0.717, 1.165) is 70.0 Å². The van der Waals surface area contributed by atoms with E-state index >= 15 is 0 Å². The molecule has 0 aliphatic rings. The van der Waals surface area contributed by atoms with E-state index in [1.165, 1.54) is 70.0 Å². The van der Waals surface area contributed by atoms with E-state index in [1.807, 2.05) is 6.07 Å². The summed E-state index contributed by atoms with van der Waals surface area (Å²) in [5, 5.41) is 51.9. The second-order valence-corrected chi connectivity index (χ2v) is 14.0. The zero-order valence-electron chi connectivity index (χ0n) is 25.5. The minimum atomic E-state index is 0.247. The van der Waals surface area contributed by atoms with Gasteiger partial charge >= 0.3 is 0 Å². The average Bonchev–Trinajstić information content (AvgIpc) is 3.09. The molecule has 2 heteroatoms. The zero-order chi connectivity index (χ0) is 31.5. The summed E-state index contributed by atoms with van der Waals surface area (Å²) in [7, 11) is 0. The molecule has 0 aromatic heterocycles. The van der Waals surface area contributed by atoms with Gasteiger partial charge in [0.1, 0.15) is 11.5 Å². The number of phenolic OH excluding ortho intramolecular Hbond substituents is 2. The number of benzene rings is 13. The topological polar surface area (TPSA) is 40.5 Å². The molecule has 13 rings (SSSR count). The van der Waals surface area contributed by atoms with Gasteiger partial charge in [0, 0.05) is 43.3 Å². The Bertz CT molecular complexity index is 3660. The first-order valence-corrected chi connectivity index (χ1v) is 16.4. The summed E-state index contributed by atoms with van der Waals surface area (Å²) in [5.74, 6) is 0.586. The van der Waals surface area contributed by atoms with Crippen LogP contribution in [0.3, 0.4) is 0 Å². The fourth-order valence-electron chi connectivity index (χ4n) is 10.2. The van der Waals surface area contributed by atoms with Crippen LogP contribution in [0.4, 0.5) is 0 Å². The predicted molar refractivity (Wildman–Crippen MR) is 207 cm³/mol. The Labute approximate surface area is 271 Å². The van der Waals surface area contributed by atoms with Crippen LogP contribution in [0.25, 0.3) is 142 Å². The largest absolute Gasteiger partial charge is 0.507 e. The van der Waals surface area contributed by atoms with Crippen LogP contribution in [-0.4, -0.2) is 10.2 Å². The Kier molecular flexibility index (Phi) is 3.62. The van der Waals surface area contributed by atoms with Gasteiger partial charge in [-0.05, 0) is 151 Å². The summed E-state index contributed by atoms with van der Waals surface area (Å²) in [4.78, 5) is 0. The maximum atomic E-state index is 12.1. The lowest BCUT2D eigenvalue weighted by Gasteiger charge is -2.24. The van der Waals surface area contributed by atoms with Crippen molar-refractivity contribution >= 4 is 142 Å². The molecule has 0 saturated heterocycles. The molecule has 0 spiro atoms. The summed E-state index contributed by atoms with van der Waals surface area (Å²) in [6.07, 6.45) is 1.76. The molecule has 0 radical (unpaired) electrons. The molecule has 0 aliphatic carbocycles. The molecule has 218 valence electrons. The molecule has 48 heavy (non-hydrogen) atoms. The van der Waals surface area contributed by atoms with E-state index in [0.29, 0.717) is 5.75 Å². The number of phenols is 2. The van der Waals surface area contributed by atoms with E-state index in [4.69, 9.17) is 0 Å². The SMILES string of the molecule is C=Cc1c(O)c2cc3cc4cc5c(O)c6ccc7cccc8cc9cc%10cc%11cc%12cc%13ccc(=C)c1c%13c2c%12c3c%11c4c%10c5c9c6c78. The van der Waals surface area contributed by atoms with Gasteiger partial charge in [-0.1, -0.05) is 55.6 Å². The fourth-order valence-corrected chi connectivity index (χ4v) is 10.2. The maximum Gasteiger partial charge on any atom is 0.131 e. The molecular formula is C46H22O2. The molecule has 13 aromatic carbocycles. The molecule has 0 saturated carbocycles. The molecule has 13 aromatic rings. The molecule has 0 heterocycles. The third-order valence-electron chi connectivity index (χ3n) is 11.9. The molecule has 0 fully saturated rings. The van der Waals surface area contributed by atoms with Gasteiger partial charge in [0.05, 0.1) is 0 Å². The maximum absolute atomic E-state index is 12.1. The van der Waals surface area contributed by atoms with Gasteiger partial charge in [-0.15, -0.1) is 0 Å².